The van der Waals surface area contributed by atoms with Gasteiger partial charge in [-0.2, -0.15) is 0 Å². The number of hydrogen-bond donors (Lipinski definition) is 5. The van der Waals surface area contributed by atoms with Crippen LogP contribution in [0.4, 0.5) is 0 Å². The smallest absolute Gasteiger partial charge is 0.141 e. The molecular formula is C19H27Cl2N3O4. The Bertz CT molecular complexity index is 737. The number of fused-ring (bicyclic) bond motifs is 1. The van der Waals surface area contributed by atoms with Gasteiger partial charge in [-0.25, -0.2) is 0 Å². The molecule has 1 aromatic rings. The summed E-state index contributed by atoms with van der Waals surface area (Å²) in [4.78, 5) is 2.06. The Morgan fingerprint density at radius 2 is 2.04 bits per heavy atom. The standard InChI is InChI=1S/C19H27Cl2N3O4/c1-9-11-5-6-24(17(11)23-8-22-9)18-15(26)19(2,27)16(28-18)14(25)10-3-4-12(20)13(21)7-10/h3-4,7,9,11,14-18,22-23,25-27H,5-6,8H2,1-2H3/t9?,11?,14-,15+,16-,17?,18-,19+/m1/s1. The molecule has 0 spiro atoms. The quantitative estimate of drug-likeness (QED) is 0.487. The normalized spacial score (nSPS) is 42.5. The van der Waals surface area contributed by atoms with E-state index in [1.165, 1.54) is 6.92 Å². The molecule has 8 atom stereocenters. The molecule has 3 saturated heterocycles. The Hall–Kier alpha value is -0.480. The second kappa shape index (κ2) is 7.65. The van der Waals surface area contributed by atoms with Gasteiger partial charge in [0.05, 0.1) is 16.2 Å². The molecule has 3 heterocycles. The summed E-state index contributed by atoms with van der Waals surface area (Å²) < 4.78 is 6.08. The van der Waals surface area contributed by atoms with Crippen LogP contribution in [0.2, 0.25) is 10.0 Å². The van der Waals surface area contributed by atoms with Gasteiger partial charge in [-0.1, -0.05) is 29.3 Å². The summed E-state index contributed by atoms with van der Waals surface area (Å²) in [5, 5.41) is 40.3. The van der Waals surface area contributed by atoms with E-state index in [1.54, 1.807) is 18.2 Å². The number of aliphatic hydroxyl groups is 3. The third-order valence-electron chi connectivity index (χ3n) is 6.49. The number of aliphatic hydroxyl groups excluding tert-OH is 2. The molecule has 0 amide bonds. The second-order valence-electron chi connectivity index (χ2n) is 8.25. The number of benzene rings is 1. The van der Waals surface area contributed by atoms with Crippen molar-refractivity contribution in [3.63, 3.8) is 0 Å². The van der Waals surface area contributed by atoms with Crippen molar-refractivity contribution in [2.24, 2.45) is 5.92 Å². The van der Waals surface area contributed by atoms with Crippen LogP contribution >= 0.6 is 23.2 Å². The SMILES string of the molecule is CC1NCNC2C1CCN2[C@@H]1O[C@H]([C@H](O)c2ccc(Cl)c(Cl)c2)[C@@](C)(O)[C@H]1O. The maximum absolute atomic E-state index is 11.0. The molecule has 156 valence electrons. The molecule has 5 N–H and O–H groups in total. The van der Waals surface area contributed by atoms with E-state index in [1.807, 2.05) is 0 Å². The predicted molar refractivity (Wildman–Crippen MR) is 106 cm³/mol. The van der Waals surface area contributed by atoms with E-state index < -0.39 is 30.1 Å². The molecule has 3 aliphatic rings. The van der Waals surface area contributed by atoms with Crippen LogP contribution in [0.3, 0.4) is 0 Å². The van der Waals surface area contributed by atoms with Crippen LogP contribution < -0.4 is 10.6 Å². The van der Waals surface area contributed by atoms with Crippen molar-refractivity contribution >= 4 is 23.2 Å². The van der Waals surface area contributed by atoms with Crippen LogP contribution in [0.5, 0.6) is 0 Å². The van der Waals surface area contributed by atoms with Crippen LogP contribution in [0.15, 0.2) is 18.2 Å². The molecule has 3 unspecified atom stereocenters. The third kappa shape index (κ3) is 3.37. The Morgan fingerprint density at radius 3 is 2.75 bits per heavy atom. The average molecular weight is 432 g/mol. The van der Waals surface area contributed by atoms with Gasteiger partial charge in [-0.15, -0.1) is 0 Å². The van der Waals surface area contributed by atoms with Crippen LogP contribution in [-0.2, 0) is 4.74 Å². The maximum Gasteiger partial charge on any atom is 0.141 e. The zero-order valence-electron chi connectivity index (χ0n) is 15.8. The van der Waals surface area contributed by atoms with Gasteiger partial charge in [0.25, 0.3) is 0 Å². The van der Waals surface area contributed by atoms with Gasteiger partial charge in [0.2, 0.25) is 0 Å². The molecule has 1 aromatic carbocycles. The molecule has 3 fully saturated rings. The first kappa shape index (κ1) is 20.8. The first-order valence-electron chi connectivity index (χ1n) is 9.63. The molecule has 7 nitrogen and oxygen atoms in total. The summed E-state index contributed by atoms with van der Waals surface area (Å²) in [6.45, 7) is 5.06. The van der Waals surface area contributed by atoms with Crippen LogP contribution in [-0.4, -0.2) is 69.7 Å². The van der Waals surface area contributed by atoms with Gasteiger partial charge in [0.15, 0.2) is 0 Å². The molecule has 0 aliphatic carbocycles. The highest BCUT2D eigenvalue weighted by atomic mass is 35.5. The summed E-state index contributed by atoms with van der Waals surface area (Å²) in [5.74, 6) is 0.383. The molecule has 0 aromatic heterocycles. The van der Waals surface area contributed by atoms with Crippen LogP contribution in [0.1, 0.15) is 31.9 Å². The Labute approximate surface area is 174 Å². The molecule has 9 heteroatoms. The average Bonchev–Trinajstić information content (AvgIpc) is 3.17. The topological polar surface area (TPSA) is 97.2 Å². The molecule has 0 saturated carbocycles. The Balaban J connectivity index is 1.57. The fraction of sp³-hybridized carbons (Fsp3) is 0.684. The van der Waals surface area contributed by atoms with Crippen molar-refractivity contribution in [3.05, 3.63) is 33.8 Å². The monoisotopic (exact) mass is 431 g/mol. The minimum Gasteiger partial charge on any atom is -0.386 e. The zero-order valence-corrected chi connectivity index (χ0v) is 17.4. The van der Waals surface area contributed by atoms with Crippen LogP contribution in [0, 0.1) is 5.92 Å². The summed E-state index contributed by atoms with van der Waals surface area (Å²) in [6, 6.07) is 5.13. The van der Waals surface area contributed by atoms with Gasteiger partial charge >= 0.3 is 0 Å². The van der Waals surface area contributed by atoms with E-state index in [4.69, 9.17) is 27.9 Å². The molecule has 4 rings (SSSR count). The number of nitrogens with one attached hydrogen (secondary N) is 2. The van der Waals surface area contributed by atoms with E-state index in [0.717, 1.165) is 13.0 Å². The van der Waals surface area contributed by atoms with Crippen molar-refractivity contribution in [2.45, 2.75) is 62.6 Å². The molecule has 0 radical (unpaired) electrons. The number of likely N-dealkylation sites (tertiary alicyclic amines) is 1. The first-order chi connectivity index (χ1) is 13.2. The van der Waals surface area contributed by atoms with Gasteiger partial charge in [-0.05, 0) is 38.0 Å². The summed E-state index contributed by atoms with van der Waals surface area (Å²) in [5.41, 5.74) is -1.16. The lowest BCUT2D eigenvalue weighted by molar-refractivity contribution is -0.133. The van der Waals surface area contributed by atoms with Crippen molar-refractivity contribution in [1.29, 1.82) is 0 Å². The third-order valence-corrected chi connectivity index (χ3v) is 7.23. The highest BCUT2D eigenvalue weighted by molar-refractivity contribution is 6.42. The van der Waals surface area contributed by atoms with Crippen LogP contribution in [0.25, 0.3) is 0 Å². The van der Waals surface area contributed by atoms with Crippen molar-refractivity contribution < 1.29 is 20.1 Å². The first-order valence-corrected chi connectivity index (χ1v) is 10.4. The molecular weight excluding hydrogens is 405 g/mol. The fourth-order valence-electron chi connectivity index (χ4n) is 4.74. The number of rotatable bonds is 3. The van der Waals surface area contributed by atoms with Gasteiger partial charge in [-0.3, -0.25) is 10.2 Å². The maximum atomic E-state index is 11.0. The van der Waals surface area contributed by atoms with Crippen molar-refractivity contribution in [1.82, 2.24) is 15.5 Å². The minimum atomic E-state index is -1.63. The highest BCUT2D eigenvalue weighted by Crippen LogP contribution is 2.42. The minimum absolute atomic E-state index is 0.0487. The largest absolute Gasteiger partial charge is 0.386 e. The van der Waals surface area contributed by atoms with Gasteiger partial charge < -0.3 is 25.4 Å². The van der Waals surface area contributed by atoms with E-state index in [-0.39, 0.29) is 6.17 Å². The molecule has 28 heavy (non-hydrogen) atoms. The van der Waals surface area contributed by atoms with E-state index in [0.29, 0.717) is 34.2 Å². The zero-order chi connectivity index (χ0) is 20.2. The highest BCUT2D eigenvalue weighted by Gasteiger charge is 2.58. The van der Waals surface area contributed by atoms with E-state index in [2.05, 4.69) is 22.5 Å². The number of ether oxygens (including phenoxy) is 1. The summed E-state index contributed by atoms with van der Waals surface area (Å²) >= 11 is 12.0. The lowest BCUT2D eigenvalue weighted by Gasteiger charge is -2.40. The number of halogens is 2. The lowest BCUT2D eigenvalue weighted by Crippen LogP contribution is -2.62. The van der Waals surface area contributed by atoms with E-state index in [9.17, 15) is 15.3 Å². The molecule has 0 bridgehead atoms. The van der Waals surface area contributed by atoms with Gasteiger partial charge in [0, 0.05) is 25.2 Å². The number of nitrogens with zero attached hydrogens (tertiary/aromatic N) is 1. The molecule has 3 aliphatic heterocycles. The lowest BCUT2D eigenvalue weighted by atomic mass is 9.88. The predicted octanol–water partition coefficient (Wildman–Crippen LogP) is 1.05. The van der Waals surface area contributed by atoms with Crippen molar-refractivity contribution in [3.8, 4) is 0 Å². The Kier molecular flexibility index (Phi) is 5.68. The fourth-order valence-corrected chi connectivity index (χ4v) is 5.05. The summed E-state index contributed by atoms with van der Waals surface area (Å²) in [6.07, 6.45) is -3.05. The second-order valence-corrected chi connectivity index (χ2v) is 9.06. The van der Waals surface area contributed by atoms with E-state index >= 15 is 0 Å². The van der Waals surface area contributed by atoms with Crippen molar-refractivity contribution in [2.75, 3.05) is 13.2 Å². The Morgan fingerprint density at radius 1 is 1.29 bits per heavy atom. The number of hydrogen-bond acceptors (Lipinski definition) is 7. The summed E-state index contributed by atoms with van der Waals surface area (Å²) in [7, 11) is 0. The van der Waals surface area contributed by atoms with Gasteiger partial charge in [0.1, 0.15) is 30.1 Å².